The molecule has 9 N–H and O–H groups in total. The van der Waals surface area contributed by atoms with Crippen molar-refractivity contribution in [3.8, 4) is 0 Å². The molecule has 60 heavy (non-hydrogen) atoms. The van der Waals surface area contributed by atoms with E-state index in [1.54, 1.807) is 6.08 Å². The van der Waals surface area contributed by atoms with Gasteiger partial charge in [-0.2, -0.15) is 0 Å². The highest BCUT2D eigenvalue weighted by molar-refractivity contribution is 5.76. The van der Waals surface area contributed by atoms with Crippen LogP contribution in [0.15, 0.2) is 24.3 Å². The van der Waals surface area contributed by atoms with Crippen LogP contribution in [0.5, 0.6) is 0 Å². The predicted molar refractivity (Wildman–Crippen MR) is 230 cm³/mol. The second-order valence-corrected chi connectivity index (χ2v) is 16.9. The average Bonchev–Trinajstić information content (AvgIpc) is 3.23. The van der Waals surface area contributed by atoms with Crippen LogP contribution in [0.2, 0.25) is 0 Å². The van der Waals surface area contributed by atoms with Gasteiger partial charge in [-0.1, -0.05) is 154 Å². The molecule has 352 valence electrons. The fraction of sp³-hybridized carbons (Fsp3) is 0.891. The van der Waals surface area contributed by atoms with Gasteiger partial charge in [0.25, 0.3) is 0 Å². The van der Waals surface area contributed by atoms with Gasteiger partial charge < -0.3 is 65.1 Å². The van der Waals surface area contributed by atoms with Crippen molar-refractivity contribution in [1.29, 1.82) is 0 Å². The van der Waals surface area contributed by atoms with Gasteiger partial charge in [-0.25, -0.2) is 0 Å². The Labute approximate surface area is 360 Å². The summed E-state index contributed by atoms with van der Waals surface area (Å²) in [5.74, 6) is -0.266. The van der Waals surface area contributed by atoms with Crippen LogP contribution in [-0.2, 0) is 23.7 Å². The summed E-state index contributed by atoms with van der Waals surface area (Å²) in [4.78, 5) is 13.1. The molecular formula is C46H85NO13. The Kier molecular flexibility index (Phi) is 30.9. The number of ether oxygens (including phenoxy) is 4. The van der Waals surface area contributed by atoms with Crippen molar-refractivity contribution in [1.82, 2.24) is 5.32 Å². The number of nitrogens with one attached hydrogen (secondary N) is 1. The Morgan fingerprint density at radius 3 is 1.53 bits per heavy atom. The molecule has 14 nitrogen and oxygen atoms in total. The monoisotopic (exact) mass is 860 g/mol. The third-order valence-corrected chi connectivity index (χ3v) is 11.5. The maximum absolute atomic E-state index is 13.1. The maximum atomic E-state index is 13.1. The summed E-state index contributed by atoms with van der Waals surface area (Å²) in [5.41, 5.74) is 0. The van der Waals surface area contributed by atoms with E-state index in [9.17, 15) is 45.6 Å². The number of hydrogen-bond donors (Lipinski definition) is 9. The molecule has 2 heterocycles. The van der Waals surface area contributed by atoms with Gasteiger partial charge in [0.2, 0.25) is 5.91 Å². The van der Waals surface area contributed by atoms with Gasteiger partial charge in [0.1, 0.15) is 36.6 Å². The van der Waals surface area contributed by atoms with Gasteiger partial charge in [-0.3, -0.25) is 4.79 Å². The normalized spacial score (nSPS) is 28.4. The number of aliphatic hydroxyl groups is 8. The second-order valence-electron chi connectivity index (χ2n) is 16.9. The van der Waals surface area contributed by atoms with Gasteiger partial charge >= 0.3 is 0 Å². The summed E-state index contributed by atoms with van der Waals surface area (Å²) in [6.07, 6.45) is 18.2. The second kappa shape index (κ2) is 34.0. The van der Waals surface area contributed by atoms with Crippen molar-refractivity contribution in [3.05, 3.63) is 24.3 Å². The summed E-state index contributed by atoms with van der Waals surface area (Å²) in [6, 6.07) is -0.937. The fourth-order valence-electron chi connectivity index (χ4n) is 7.56. The van der Waals surface area contributed by atoms with E-state index >= 15 is 0 Å². The average molecular weight is 860 g/mol. The minimum absolute atomic E-state index is 0.262. The molecule has 2 aliphatic heterocycles. The van der Waals surface area contributed by atoms with E-state index in [1.165, 1.54) is 96.3 Å². The Balaban J connectivity index is 1.83. The van der Waals surface area contributed by atoms with E-state index < -0.39 is 73.9 Å². The van der Waals surface area contributed by atoms with Gasteiger partial charge in [0.15, 0.2) is 25.2 Å². The summed E-state index contributed by atoms with van der Waals surface area (Å²) in [7, 11) is 0. The van der Waals surface area contributed by atoms with Crippen molar-refractivity contribution < 1.29 is 64.6 Å². The van der Waals surface area contributed by atoms with Gasteiger partial charge in [-0.15, -0.1) is 0 Å². The van der Waals surface area contributed by atoms with Crippen molar-refractivity contribution in [3.63, 3.8) is 0 Å². The van der Waals surface area contributed by atoms with Crippen molar-refractivity contribution in [2.45, 2.75) is 255 Å². The minimum Gasteiger partial charge on any atom is -0.387 e. The quantitative estimate of drug-likeness (QED) is 0.0276. The van der Waals surface area contributed by atoms with E-state index in [0.717, 1.165) is 57.8 Å². The first-order chi connectivity index (χ1) is 29.0. The van der Waals surface area contributed by atoms with E-state index in [1.807, 2.05) is 6.08 Å². The van der Waals surface area contributed by atoms with Crippen molar-refractivity contribution >= 4 is 5.91 Å². The van der Waals surface area contributed by atoms with Crippen LogP contribution in [0.25, 0.3) is 0 Å². The molecule has 0 aromatic heterocycles. The smallest absolute Gasteiger partial charge is 0.220 e. The lowest BCUT2D eigenvalue weighted by Crippen LogP contribution is -2.64. The zero-order valence-corrected chi connectivity index (χ0v) is 36.9. The molecule has 0 aromatic rings. The zero-order chi connectivity index (χ0) is 44.0. The van der Waals surface area contributed by atoms with Crippen molar-refractivity contribution in [2.75, 3.05) is 6.61 Å². The summed E-state index contributed by atoms with van der Waals surface area (Å²) < 4.78 is 21.4. The highest BCUT2D eigenvalue weighted by Gasteiger charge is 2.50. The minimum atomic E-state index is -1.94. The SMILES string of the molecule is CCCCCCCC/C=C\CCCCCCCC(=O)N[C@@H](CO[C@@H]1O[C@H](O)[C@@H](O[C@@H]2O[C@H](O)[C@H](O)[C@H](O)[C@H]2O)[C@H](O)[C@H]1O)[C@H](O)/C=C/CCCCCCCCCCCCC. The topological polar surface area (TPSA) is 228 Å². The Bertz CT molecular complexity index is 1110. The number of allylic oxidation sites excluding steroid dienone is 3. The Morgan fingerprint density at radius 2 is 1.00 bits per heavy atom. The number of carbonyl (C=O) groups is 1. The molecule has 2 aliphatic rings. The molecule has 2 rings (SSSR count). The predicted octanol–water partition coefficient (Wildman–Crippen LogP) is 5.68. The van der Waals surface area contributed by atoms with Crippen LogP contribution in [-0.4, -0.2) is 127 Å². The Morgan fingerprint density at radius 1 is 0.550 bits per heavy atom. The molecule has 14 heteroatoms. The van der Waals surface area contributed by atoms with Gasteiger partial charge in [0.05, 0.1) is 18.8 Å². The maximum Gasteiger partial charge on any atom is 0.220 e. The molecule has 2 saturated heterocycles. The first-order valence-electron chi connectivity index (χ1n) is 23.6. The van der Waals surface area contributed by atoms with E-state index in [0.29, 0.717) is 6.42 Å². The van der Waals surface area contributed by atoms with Crippen LogP contribution in [0.1, 0.15) is 181 Å². The first kappa shape index (κ1) is 54.6. The molecule has 0 aromatic carbocycles. The molecule has 0 aliphatic carbocycles. The van der Waals surface area contributed by atoms with E-state index in [4.69, 9.17) is 18.9 Å². The number of carbonyl (C=O) groups excluding carboxylic acids is 1. The highest BCUT2D eigenvalue weighted by atomic mass is 16.8. The third kappa shape index (κ3) is 22.7. The third-order valence-electron chi connectivity index (χ3n) is 11.5. The van der Waals surface area contributed by atoms with Crippen LogP contribution in [0.4, 0.5) is 0 Å². The largest absolute Gasteiger partial charge is 0.387 e. The summed E-state index contributed by atoms with van der Waals surface area (Å²) in [5, 5.41) is 86.0. The molecular weight excluding hydrogens is 774 g/mol. The van der Waals surface area contributed by atoms with Gasteiger partial charge in [-0.05, 0) is 44.9 Å². The number of hydrogen-bond acceptors (Lipinski definition) is 13. The number of amides is 1. The lowest BCUT2D eigenvalue weighted by atomic mass is 10.0. The summed E-state index contributed by atoms with van der Waals surface area (Å²) in [6.45, 7) is 4.13. The van der Waals surface area contributed by atoms with Gasteiger partial charge in [0, 0.05) is 6.42 Å². The van der Waals surface area contributed by atoms with E-state index in [2.05, 4.69) is 31.3 Å². The number of aliphatic hydroxyl groups excluding tert-OH is 8. The number of unbranched alkanes of at least 4 members (excludes halogenated alkanes) is 22. The molecule has 0 unspecified atom stereocenters. The lowest BCUT2D eigenvalue weighted by molar-refractivity contribution is -0.396. The molecule has 2 fully saturated rings. The molecule has 12 atom stereocenters. The van der Waals surface area contributed by atoms with Crippen LogP contribution in [0.3, 0.4) is 0 Å². The molecule has 0 saturated carbocycles. The first-order valence-corrected chi connectivity index (χ1v) is 23.6. The van der Waals surface area contributed by atoms with Crippen LogP contribution in [0, 0.1) is 0 Å². The standard InChI is InChI=1S/C46H85NO13/c1-3-5-7-9-11-13-15-17-18-20-22-24-26-28-30-32-36(49)47-34(35(48)31-29-27-25-23-21-19-16-14-12-10-8-6-4-2)33-57-45-41(54)38(51)42(44(56)60-45)58-46-40(53)37(50)39(52)43(55)59-46/h17-18,29,31,34-35,37-46,48,50-56H,3-16,19-28,30,32-33H2,1-2H3,(H,47,49)/b18-17-,31-29+/t34-,35+,37-,38+,39+,40+,41+,42-,43-,44-,45+,46+/m0/s1. The highest BCUT2D eigenvalue weighted by Crippen LogP contribution is 2.28. The summed E-state index contributed by atoms with van der Waals surface area (Å²) >= 11 is 0. The van der Waals surface area contributed by atoms with Crippen LogP contribution < -0.4 is 5.32 Å². The van der Waals surface area contributed by atoms with Crippen molar-refractivity contribution in [2.24, 2.45) is 0 Å². The lowest BCUT2D eigenvalue weighted by Gasteiger charge is -2.44. The molecule has 1 amide bonds. The van der Waals surface area contributed by atoms with E-state index in [-0.39, 0.29) is 18.9 Å². The van der Waals surface area contributed by atoms with Crippen LogP contribution >= 0.6 is 0 Å². The number of rotatable bonds is 35. The molecule has 0 spiro atoms. The molecule has 0 bridgehead atoms. The Hall–Kier alpha value is -1.53. The molecule has 0 radical (unpaired) electrons. The zero-order valence-electron chi connectivity index (χ0n) is 36.9. The fourth-order valence-corrected chi connectivity index (χ4v) is 7.56.